The third-order valence-corrected chi connectivity index (χ3v) is 6.79. The van der Waals surface area contributed by atoms with Crippen LogP contribution in [0.2, 0.25) is 5.02 Å². The number of rotatable bonds is 1. The molecule has 5 unspecified atom stereocenters. The van der Waals surface area contributed by atoms with Crippen LogP contribution in [0.4, 0.5) is 0 Å². The SMILES string of the molecule is CC1C(O)=C(C(N)=O)C(=O)C2(O)C(O)=C3C(=O)c4c(O)ccc(Cl)c4C(O)C3CC12. The summed E-state index contributed by atoms with van der Waals surface area (Å²) < 4.78 is 0. The van der Waals surface area contributed by atoms with E-state index < -0.39 is 75.3 Å². The maximum atomic E-state index is 13.1. The highest BCUT2D eigenvalue weighted by Gasteiger charge is 2.63. The van der Waals surface area contributed by atoms with E-state index in [1.807, 2.05) is 0 Å². The highest BCUT2D eigenvalue weighted by atomic mass is 35.5. The summed E-state index contributed by atoms with van der Waals surface area (Å²) in [6.07, 6.45) is -1.64. The second-order valence-electron chi connectivity index (χ2n) is 7.85. The van der Waals surface area contributed by atoms with E-state index in [2.05, 4.69) is 0 Å². The molecule has 30 heavy (non-hydrogen) atoms. The Hall–Kier alpha value is -2.88. The first-order valence-corrected chi connectivity index (χ1v) is 9.50. The number of Topliss-reactive ketones (excluding diaryl/α,β-unsaturated/α-hetero) is 2. The van der Waals surface area contributed by atoms with Crippen molar-refractivity contribution in [1.29, 1.82) is 0 Å². The summed E-state index contributed by atoms with van der Waals surface area (Å²) in [7, 11) is 0. The van der Waals surface area contributed by atoms with Crippen molar-refractivity contribution in [1.82, 2.24) is 0 Å². The molecule has 3 aliphatic carbocycles. The highest BCUT2D eigenvalue weighted by Crippen LogP contribution is 2.56. The predicted molar refractivity (Wildman–Crippen MR) is 102 cm³/mol. The van der Waals surface area contributed by atoms with Crippen LogP contribution in [0, 0.1) is 17.8 Å². The lowest BCUT2D eigenvalue weighted by atomic mass is 9.57. The van der Waals surface area contributed by atoms with Crippen molar-refractivity contribution < 1.29 is 39.9 Å². The molecule has 0 bridgehead atoms. The zero-order chi connectivity index (χ0) is 22.3. The number of phenols is 1. The van der Waals surface area contributed by atoms with Gasteiger partial charge in [-0.2, -0.15) is 0 Å². The van der Waals surface area contributed by atoms with Crippen LogP contribution in [-0.2, 0) is 9.59 Å². The number of aliphatic hydroxyl groups is 4. The van der Waals surface area contributed by atoms with Gasteiger partial charge in [-0.05, 0) is 18.6 Å². The second-order valence-corrected chi connectivity index (χ2v) is 8.26. The maximum absolute atomic E-state index is 13.1. The Balaban J connectivity index is 2.00. The molecule has 1 aromatic carbocycles. The van der Waals surface area contributed by atoms with Gasteiger partial charge in [0.1, 0.15) is 22.8 Å². The number of primary amides is 1. The molecule has 0 radical (unpaired) electrons. The Morgan fingerprint density at radius 3 is 2.47 bits per heavy atom. The number of phenolic OH excluding ortho intramolecular Hbond substituents is 1. The molecule has 0 aliphatic heterocycles. The first-order chi connectivity index (χ1) is 13.9. The summed E-state index contributed by atoms with van der Waals surface area (Å²) in [5.74, 6) is -8.94. The smallest absolute Gasteiger partial charge is 0.255 e. The molecule has 0 heterocycles. The number of benzene rings is 1. The number of aromatic hydroxyl groups is 1. The van der Waals surface area contributed by atoms with Crippen LogP contribution >= 0.6 is 11.6 Å². The molecule has 0 fully saturated rings. The van der Waals surface area contributed by atoms with E-state index in [4.69, 9.17) is 17.3 Å². The number of fused-ring (bicyclic) bond motifs is 3. The fourth-order valence-electron chi connectivity index (χ4n) is 4.93. The number of amides is 1. The van der Waals surface area contributed by atoms with Gasteiger partial charge in [-0.1, -0.05) is 18.5 Å². The van der Waals surface area contributed by atoms with Crippen LogP contribution < -0.4 is 5.73 Å². The lowest BCUT2D eigenvalue weighted by Crippen LogP contribution is -2.59. The minimum absolute atomic E-state index is 0.0227. The maximum Gasteiger partial charge on any atom is 0.255 e. The molecule has 7 N–H and O–H groups in total. The predicted octanol–water partition coefficient (Wildman–Crippen LogP) is 0.971. The van der Waals surface area contributed by atoms with Crippen LogP contribution in [0.1, 0.15) is 35.4 Å². The summed E-state index contributed by atoms with van der Waals surface area (Å²) in [6.45, 7) is 1.42. The summed E-state index contributed by atoms with van der Waals surface area (Å²) in [5.41, 5.74) is 0.776. The van der Waals surface area contributed by atoms with Crippen molar-refractivity contribution in [3.05, 3.63) is 50.9 Å². The number of carbonyl (C=O) groups is 3. The molecule has 158 valence electrons. The van der Waals surface area contributed by atoms with Gasteiger partial charge in [-0.25, -0.2) is 0 Å². The van der Waals surface area contributed by atoms with Gasteiger partial charge < -0.3 is 31.3 Å². The average Bonchev–Trinajstić information content (AvgIpc) is 2.67. The number of allylic oxidation sites excluding steroid dienone is 1. The largest absolute Gasteiger partial charge is 0.511 e. The fourth-order valence-corrected chi connectivity index (χ4v) is 5.20. The van der Waals surface area contributed by atoms with E-state index in [1.165, 1.54) is 13.0 Å². The molecule has 0 saturated heterocycles. The molecular formula is C20H18ClNO8. The molecule has 5 atom stereocenters. The second kappa shape index (κ2) is 6.31. The number of ketones is 2. The molecule has 0 saturated carbocycles. The van der Waals surface area contributed by atoms with E-state index in [9.17, 15) is 39.9 Å². The number of nitrogens with two attached hydrogens (primary N) is 1. The summed E-state index contributed by atoms with van der Waals surface area (Å²) >= 11 is 6.13. The zero-order valence-corrected chi connectivity index (χ0v) is 16.3. The molecule has 1 amide bonds. The lowest BCUT2D eigenvalue weighted by Gasteiger charge is -2.49. The van der Waals surface area contributed by atoms with Gasteiger partial charge >= 0.3 is 0 Å². The Bertz CT molecular complexity index is 1110. The molecule has 3 aliphatic rings. The van der Waals surface area contributed by atoms with Crippen molar-refractivity contribution in [2.45, 2.75) is 25.0 Å². The van der Waals surface area contributed by atoms with Crippen LogP contribution in [0.5, 0.6) is 5.75 Å². The van der Waals surface area contributed by atoms with Gasteiger partial charge in [-0.3, -0.25) is 14.4 Å². The van der Waals surface area contributed by atoms with Crippen molar-refractivity contribution in [3.8, 4) is 5.75 Å². The van der Waals surface area contributed by atoms with Gasteiger partial charge in [0.25, 0.3) is 5.91 Å². The normalized spacial score (nSPS) is 33.2. The molecule has 10 heteroatoms. The quantitative estimate of drug-likeness (QED) is 0.353. The fraction of sp³-hybridized carbons (Fsp3) is 0.350. The zero-order valence-electron chi connectivity index (χ0n) is 15.6. The van der Waals surface area contributed by atoms with Crippen molar-refractivity contribution in [3.63, 3.8) is 0 Å². The monoisotopic (exact) mass is 435 g/mol. The summed E-state index contributed by atoms with van der Waals surface area (Å²) in [5, 5.41) is 53.6. The number of carbonyl (C=O) groups excluding carboxylic acids is 3. The topological polar surface area (TPSA) is 178 Å². The van der Waals surface area contributed by atoms with E-state index in [-0.39, 0.29) is 22.6 Å². The van der Waals surface area contributed by atoms with Crippen molar-refractivity contribution in [2.24, 2.45) is 23.5 Å². The number of aliphatic hydroxyl groups excluding tert-OH is 3. The van der Waals surface area contributed by atoms with Gasteiger partial charge in [0.2, 0.25) is 5.78 Å². The lowest BCUT2D eigenvalue weighted by molar-refractivity contribution is -0.148. The van der Waals surface area contributed by atoms with E-state index in [0.717, 1.165) is 6.07 Å². The molecule has 4 rings (SSSR count). The van der Waals surface area contributed by atoms with Crippen LogP contribution in [0.3, 0.4) is 0 Å². The Labute approximate surface area is 174 Å². The van der Waals surface area contributed by atoms with Gasteiger partial charge in [0.05, 0.1) is 11.7 Å². The Morgan fingerprint density at radius 2 is 1.87 bits per heavy atom. The molecule has 0 aromatic heterocycles. The minimum atomic E-state index is -2.71. The number of hydrogen-bond acceptors (Lipinski definition) is 8. The first kappa shape index (κ1) is 20.4. The molecule has 1 aromatic rings. The van der Waals surface area contributed by atoms with Crippen molar-refractivity contribution in [2.75, 3.05) is 0 Å². The van der Waals surface area contributed by atoms with E-state index in [0.29, 0.717) is 0 Å². The van der Waals surface area contributed by atoms with Crippen LogP contribution in [0.25, 0.3) is 0 Å². The number of halogens is 1. The summed E-state index contributed by atoms with van der Waals surface area (Å²) in [6, 6.07) is 2.45. The Morgan fingerprint density at radius 1 is 1.23 bits per heavy atom. The molecule has 9 nitrogen and oxygen atoms in total. The van der Waals surface area contributed by atoms with E-state index in [1.54, 1.807) is 0 Å². The minimum Gasteiger partial charge on any atom is -0.511 e. The van der Waals surface area contributed by atoms with Crippen molar-refractivity contribution >= 4 is 29.1 Å². The van der Waals surface area contributed by atoms with Gasteiger partial charge in [0, 0.05) is 33.9 Å². The van der Waals surface area contributed by atoms with Crippen LogP contribution in [-0.4, -0.2) is 48.6 Å². The first-order valence-electron chi connectivity index (χ1n) is 9.12. The molecular weight excluding hydrogens is 418 g/mol. The standard InChI is InChI=1S/C20H18ClNO8/c1-5-7-4-6-10(16(26)12-9(23)3-2-8(21)11(12)15(6)25)17(27)20(7,30)18(28)13(14(5)24)19(22)29/h2-3,5-7,15,23-25,27,30H,4H2,1H3,(H2,22,29). The highest BCUT2D eigenvalue weighted by molar-refractivity contribution is 6.32. The summed E-state index contributed by atoms with van der Waals surface area (Å²) in [4.78, 5) is 37.8. The van der Waals surface area contributed by atoms with E-state index >= 15 is 0 Å². The molecule has 0 spiro atoms. The average molecular weight is 436 g/mol. The third kappa shape index (κ3) is 2.28. The van der Waals surface area contributed by atoms with Gasteiger partial charge in [0.15, 0.2) is 11.4 Å². The Kier molecular flexibility index (Phi) is 4.29. The number of hydrogen-bond donors (Lipinski definition) is 6. The third-order valence-electron chi connectivity index (χ3n) is 6.46. The van der Waals surface area contributed by atoms with Crippen LogP contribution in [0.15, 0.2) is 34.8 Å². The van der Waals surface area contributed by atoms with Gasteiger partial charge in [-0.15, -0.1) is 0 Å².